The minimum absolute atomic E-state index is 0.00892. The monoisotopic (exact) mass is 501 g/mol. The molecule has 1 aliphatic heterocycles. The highest BCUT2D eigenvalue weighted by Gasteiger charge is 2.31. The van der Waals surface area contributed by atoms with Gasteiger partial charge in [0.05, 0.1) is 5.69 Å². The summed E-state index contributed by atoms with van der Waals surface area (Å²) >= 11 is 15.8. The molecule has 0 spiro atoms. The van der Waals surface area contributed by atoms with Crippen molar-refractivity contribution in [3.8, 4) is 5.75 Å². The summed E-state index contributed by atoms with van der Waals surface area (Å²) in [6.45, 7) is 2.88. The van der Waals surface area contributed by atoms with Crippen molar-refractivity contribution in [2.75, 3.05) is 11.4 Å². The van der Waals surface area contributed by atoms with Crippen LogP contribution in [-0.2, 0) is 11.4 Å². The van der Waals surface area contributed by atoms with Gasteiger partial charge in [-0.05, 0) is 49.4 Å². The number of amides is 1. The van der Waals surface area contributed by atoms with Crippen molar-refractivity contribution in [2.24, 2.45) is 0 Å². The average molecular weight is 503 g/mol. The molecule has 0 saturated carbocycles. The largest absolute Gasteiger partial charge is 0.488 e. The van der Waals surface area contributed by atoms with Crippen LogP contribution in [0.5, 0.6) is 5.75 Å². The zero-order chi connectivity index (χ0) is 21.3. The fourth-order valence-electron chi connectivity index (χ4n) is 3.47. The normalized spacial score (nSPS) is 14.3. The Bertz CT molecular complexity index is 1160. The summed E-state index contributed by atoms with van der Waals surface area (Å²) in [6.07, 6.45) is 1.89. The number of carbonyl (C=O) groups is 1. The minimum Gasteiger partial charge on any atom is -0.488 e. The molecule has 4 rings (SSSR count). The molecule has 0 aliphatic carbocycles. The van der Waals surface area contributed by atoms with Crippen LogP contribution in [0.25, 0.3) is 11.6 Å². The van der Waals surface area contributed by atoms with Crippen LogP contribution < -0.4 is 9.64 Å². The van der Waals surface area contributed by atoms with Gasteiger partial charge in [-0.1, -0.05) is 63.4 Å². The molecule has 1 heterocycles. The van der Waals surface area contributed by atoms with Crippen molar-refractivity contribution < 1.29 is 9.53 Å². The van der Waals surface area contributed by atoms with Gasteiger partial charge in [0.15, 0.2) is 0 Å². The van der Waals surface area contributed by atoms with Crippen molar-refractivity contribution in [3.63, 3.8) is 0 Å². The van der Waals surface area contributed by atoms with E-state index in [-0.39, 0.29) is 5.91 Å². The van der Waals surface area contributed by atoms with Gasteiger partial charge in [-0.15, -0.1) is 0 Å². The first-order valence-corrected chi connectivity index (χ1v) is 11.0. The van der Waals surface area contributed by atoms with Gasteiger partial charge in [-0.2, -0.15) is 0 Å². The van der Waals surface area contributed by atoms with Gasteiger partial charge < -0.3 is 9.64 Å². The molecular formula is C24H18BrCl2NO2. The second-order valence-corrected chi connectivity index (χ2v) is 8.59. The predicted molar refractivity (Wildman–Crippen MR) is 127 cm³/mol. The number of para-hydroxylation sites is 1. The van der Waals surface area contributed by atoms with Gasteiger partial charge in [0, 0.05) is 43.3 Å². The second kappa shape index (κ2) is 8.84. The van der Waals surface area contributed by atoms with Crippen LogP contribution in [0.15, 0.2) is 65.1 Å². The molecule has 3 aromatic carbocycles. The fourth-order valence-corrected chi connectivity index (χ4v) is 4.32. The molecule has 3 nitrogen and oxygen atoms in total. The average Bonchev–Trinajstić information content (AvgIpc) is 2.99. The van der Waals surface area contributed by atoms with Gasteiger partial charge in [-0.3, -0.25) is 4.79 Å². The SMILES string of the molecule is CCN1C(=O)/C(=C\c2cc(Br)ccc2OCc2ccc(Cl)cc2Cl)c2ccccc21. The van der Waals surface area contributed by atoms with E-state index in [4.69, 9.17) is 27.9 Å². The number of benzene rings is 3. The number of ether oxygens (including phenoxy) is 1. The summed E-state index contributed by atoms with van der Waals surface area (Å²) in [4.78, 5) is 14.8. The molecule has 30 heavy (non-hydrogen) atoms. The Balaban J connectivity index is 1.70. The first-order valence-electron chi connectivity index (χ1n) is 9.47. The lowest BCUT2D eigenvalue weighted by Gasteiger charge is -2.13. The molecule has 6 heteroatoms. The molecule has 0 unspecified atom stereocenters. The number of rotatable bonds is 5. The maximum absolute atomic E-state index is 13.0. The zero-order valence-corrected chi connectivity index (χ0v) is 19.3. The van der Waals surface area contributed by atoms with Crippen LogP contribution in [0.2, 0.25) is 10.0 Å². The van der Waals surface area contributed by atoms with E-state index in [9.17, 15) is 4.79 Å². The van der Waals surface area contributed by atoms with Gasteiger partial charge in [0.1, 0.15) is 12.4 Å². The van der Waals surface area contributed by atoms with Gasteiger partial charge in [0.2, 0.25) is 0 Å². The summed E-state index contributed by atoms with van der Waals surface area (Å²) in [6, 6.07) is 18.9. The Kier molecular flexibility index (Phi) is 6.19. The number of anilines is 1. The molecule has 152 valence electrons. The second-order valence-electron chi connectivity index (χ2n) is 6.83. The molecule has 0 radical (unpaired) electrons. The van der Waals surface area contributed by atoms with Gasteiger partial charge in [0.25, 0.3) is 5.91 Å². The zero-order valence-electron chi connectivity index (χ0n) is 16.2. The summed E-state index contributed by atoms with van der Waals surface area (Å²) in [7, 11) is 0. The maximum Gasteiger partial charge on any atom is 0.258 e. The third-order valence-electron chi connectivity index (χ3n) is 4.95. The Morgan fingerprint density at radius 3 is 2.63 bits per heavy atom. The lowest BCUT2D eigenvalue weighted by atomic mass is 10.0. The van der Waals surface area contributed by atoms with E-state index in [2.05, 4.69) is 15.9 Å². The molecule has 0 bridgehead atoms. The minimum atomic E-state index is -0.00892. The van der Waals surface area contributed by atoms with E-state index in [0.717, 1.165) is 26.9 Å². The summed E-state index contributed by atoms with van der Waals surface area (Å²) in [5.74, 6) is 0.655. The highest BCUT2D eigenvalue weighted by molar-refractivity contribution is 9.10. The van der Waals surface area contributed by atoms with Crippen LogP contribution in [0.3, 0.4) is 0 Å². The van der Waals surface area contributed by atoms with E-state index in [1.54, 1.807) is 17.0 Å². The Hall–Kier alpha value is -2.27. The van der Waals surface area contributed by atoms with Gasteiger partial charge in [-0.25, -0.2) is 0 Å². The molecule has 0 fully saturated rings. The first kappa shape index (κ1) is 21.0. The smallest absolute Gasteiger partial charge is 0.258 e. The molecule has 0 N–H and O–H groups in total. The first-order chi connectivity index (χ1) is 14.5. The predicted octanol–water partition coefficient (Wildman–Crippen LogP) is 7.24. The molecule has 0 saturated heterocycles. The van der Waals surface area contributed by atoms with E-state index >= 15 is 0 Å². The third kappa shape index (κ3) is 4.13. The van der Waals surface area contributed by atoms with E-state index in [1.165, 1.54) is 0 Å². The van der Waals surface area contributed by atoms with Crippen LogP contribution in [0.1, 0.15) is 23.6 Å². The van der Waals surface area contributed by atoms with Crippen molar-refractivity contribution in [2.45, 2.75) is 13.5 Å². The number of carbonyl (C=O) groups excluding carboxylic acids is 1. The van der Waals surface area contributed by atoms with Crippen molar-refractivity contribution in [3.05, 3.63) is 91.9 Å². The van der Waals surface area contributed by atoms with Crippen LogP contribution in [0.4, 0.5) is 5.69 Å². The summed E-state index contributed by atoms with van der Waals surface area (Å²) < 4.78 is 6.97. The van der Waals surface area contributed by atoms with E-state index in [1.807, 2.05) is 61.5 Å². The van der Waals surface area contributed by atoms with Crippen molar-refractivity contribution in [1.82, 2.24) is 0 Å². The van der Waals surface area contributed by atoms with E-state index < -0.39 is 0 Å². The molecule has 3 aromatic rings. The maximum atomic E-state index is 13.0. The van der Waals surface area contributed by atoms with Crippen LogP contribution in [-0.4, -0.2) is 12.5 Å². The number of halogens is 3. The lowest BCUT2D eigenvalue weighted by molar-refractivity contribution is -0.112. The van der Waals surface area contributed by atoms with E-state index in [0.29, 0.717) is 34.5 Å². The highest BCUT2D eigenvalue weighted by Crippen LogP contribution is 2.39. The standard InChI is InChI=1S/C24H18BrCl2NO2/c1-2-28-22-6-4-3-5-19(22)20(24(28)29)12-16-11-17(25)8-10-23(16)30-14-15-7-9-18(26)13-21(15)27/h3-13H,2,14H2,1H3/b20-12-. The topological polar surface area (TPSA) is 29.5 Å². The number of hydrogen-bond donors (Lipinski definition) is 0. The molecule has 0 atom stereocenters. The van der Waals surface area contributed by atoms with Crippen LogP contribution in [0, 0.1) is 0 Å². The fraction of sp³-hybridized carbons (Fsp3) is 0.125. The molecule has 1 amide bonds. The third-order valence-corrected chi connectivity index (χ3v) is 6.03. The Morgan fingerprint density at radius 2 is 1.87 bits per heavy atom. The van der Waals surface area contributed by atoms with Crippen molar-refractivity contribution >= 4 is 62.4 Å². The lowest BCUT2D eigenvalue weighted by Crippen LogP contribution is -2.25. The summed E-state index contributed by atoms with van der Waals surface area (Å²) in [5.41, 5.74) is 4.16. The van der Waals surface area contributed by atoms with Crippen LogP contribution >= 0.6 is 39.1 Å². The molecule has 0 aromatic heterocycles. The Labute approximate surface area is 194 Å². The molecular weight excluding hydrogens is 485 g/mol. The Morgan fingerprint density at radius 1 is 1.07 bits per heavy atom. The number of nitrogens with zero attached hydrogens (tertiary/aromatic N) is 1. The summed E-state index contributed by atoms with van der Waals surface area (Å²) in [5, 5.41) is 1.13. The number of likely N-dealkylation sites (N-methyl/N-ethyl adjacent to an activating group) is 1. The highest BCUT2D eigenvalue weighted by atomic mass is 79.9. The number of fused-ring (bicyclic) bond motifs is 1. The molecule has 1 aliphatic rings. The number of hydrogen-bond acceptors (Lipinski definition) is 2. The van der Waals surface area contributed by atoms with Gasteiger partial charge >= 0.3 is 0 Å². The van der Waals surface area contributed by atoms with Crippen molar-refractivity contribution in [1.29, 1.82) is 0 Å². The quantitative estimate of drug-likeness (QED) is 0.344.